The molecule has 0 radical (unpaired) electrons. The second-order valence-electron chi connectivity index (χ2n) is 5.59. The van der Waals surface area contributed by atoms with Gasteiger partial charge in [0.1, 0.15) is 0 Å². The Morgan fingerprint density at radius 2 is 2.19 bits per heavy atom. The average Bonchev–Trinajstić information content (AvgIpc) is 2.24. The average molecular weight is 228 g/mol. The molecule has 1 fully saturated rings. The second-order valence-corrected chi connectivity index (χ2v) is 5.59. The monoisotopic (exact) mass is 228 g/mol. The fourth-order valence-electron chi connectivity index (χ4n) is 2.08. The minimum Gasteiger partial charge on any atom is -0.380 e. The first-order chi connectivity index (χ1) is 7.56. The third-order valence-electron chi connectivity index (χ3n) is 3.34. The summed E-state index contributed by atoms with van der Waals surface area (Å²) in [4.78, 5) is 2.51. The molecule has 1 N–H and O–H groups in total. The molecule has 1 unspecified atom stereocenters. The first-order valence-electron chi connectivity index (χ1n) is 6.61. The lowest BCUT2D eigenvalue weighted by molar-refractivity contribution is 0.0640. The molecule has 0 saturated carbocycles. The third-order valence-corrected chi connectivity index (χ3v) is 3.34. The van der Waals surface area contributed by atoms with E-state index < -0.39 is 0 Å². The Balaban J connectivity index is 2.17. The molecule has 0 bridgehead atoms. The summed E-state index contributed by atoms with van der Waals surface area (Å²) in [5, 5.41) is 3.60. The van der Waals surface area contributed by atoms with Crippen molar-refractivity contribution >= 4 is 0 Å². The third kappa shape index (κ3) is 4.81. The number of ether oxygens (including phenoxy) is 1. The van der Waals surface area contributed by atoms with Crippen molar-refractivity contribution in [3.8, 4) is 0 Å². The van der Waals surface area contributed by atoms with Gasteiger partial charge in [-0.3, -0.25) is 4.90 Å². The Kier molecular flexibility index (Phi) is 5.73. The van der Waals surface area contributed by atoms with Crippen LogP contribution in [0.5, 0.6) is 0 Å². The number of nitrogens with zero attached hydrogens (tertiary/aromatic N) is 1. The molecule has 1 atom stereocenters. The van der Waals surface area contributed by atoms with Crippen LogP contribution < -0.4 is 5.32 Å². The molecule has 1 rings (SSSR count). The number of nitrogens with one attached hydrogen (secondary N) is 1. The molecule has 1 heterocycles. The number of hydrogen-bond donors (Lipinski definition) is 1. The van der Waals surface area contributed by atoms with E-state index in [1.54, 1.807) is 0 Å². The molecule has 0 spiro atoms. The fourth-order valence-corrected chi connectivity index (χ4v) is 2.08. The van der Waals surface area contributed by atoms with Crippen LogP contribution in [0.1, 0.15) is 34.1 Å². The summed E-state index contributed by atoms with van der Waals surface area (Å²) >= 11 is 0. The fraction of sp³-hybridized carbons (Fsp3) is 1.00. The largest absolute Gasteiger partial charge is 0.380 e. The van der Waals surface area contributed by atoms with Gasteiger partial charge < -0.3 is 10.1 Å². The molecular weight excluding hydrogens is 200 g/mol. The van der Waals surface area contributed by atoms with Crippen LogP contribution >= 0.6 is 0 Å². The van der Waals surface area contributed by atoms with E-state index in [4.69, 9.17) is 4.74 Å². The molecule has 0 aromatic heterocycles. The molecule has 0 aliphatic carbocycles. The van der Waals surface area contributed by atoms with Gasteiger partial charge in [-0.05, 0) is 19.3 Å². The molecular formula is C13H28N2O. The Hall–Kier alpha value is -0.120. The summed E-state index contributed by atoms with van der Waals surface area (Å²) in [6.07, 6.45) is 1.19. The van der Waals surface area contributed by atoms with E-state index in [0.717, 1.165) is 39.4 Å². The SMILES string of the molecule is CCC1(C)CN(CCOCC(C)C)CCN1. The highest BCUT2D eigenvalue weighted by atomic mass is 16.5. The van der Waals surface area contributed by atoms with Crippen molar-refractivity contribution in [1.82, 2.24) is 10.2 Å². The highest BCUT2D eigenvalue weighted by molar-refractivity contribution is 4.89. The molecule has 1 aliphatic heterocycles. The molecule has 16 heavy (non-hydrogen) atoms. The van der Waals surface area contributed by atoms with Crippen molar-refractivity contribution in [3.63, 3.8) is 0 Å². The Morgan fingerprint density at radius 3 is 2.81 bits per heavy atom. The van der Waals surface area contributed by atoms with Gasteiger partial charge in [-0.2, -0.15) is 0 Å². The number of rotatable bonds is 6. The van der Waals surface area contributed by atoms with E-state index in [-0.39, 0.29) is 0 Å². The zero-order chi connectivity index (χ0) is 12.0. The normalized spacial score (nSPS) is 27.6. The summed E-state index contributed by atoms with van der Waals surface area (Å²) in [6, 6.07) is 0. The van der Waals surface area contributed by atoms with Crippen molar-refractivity contribution < 1.29 is 4.74 Å². The predicted molar refractivity (Wildman–Crippen MR) is 68.8 cm³/mol. The van der Waals surface area contributed by atoms with Gasteiger partial charge in [0.25, 0.3) is 0 Å². The van der Waals surface area contributed by atoms with Crippen LogP contribution in [0.2, 0.25) is 0 Å². The zero-order valence-corrected chi connectivity index (χ0v) is 11.4. The minimum absolute atomic E-state index is 0.302. The van der Waals surface area contributed by atoms with Gasteiger partial charge in [-0.25, -0.2) is 0 Å². The molecule has 0 aromatic rings. The van der Waals surface area contributed by atoms with E-state index in [0.29, 0.717) is 11.5 Å². The van der Waals surface area contributed by atoms with E-state index >= 15 is 0 Å². The maximum absolute atomic E-state index is 5.64. The summed E-state index contributed by atoms with van der Waals surface area (Å²) in [5.74, 6) is 0.643. The van der Waals surface area contributed by atoms with E-state index in [2.05, 4.69) is 37.9 Å². The van der Waals surface area contributed by atoms with Crippen LogP contribution in [0.25, 0.3) is 0 Å². The van der Waals surface area contributed by atoms with Gasteiger partial charge in [-0.1, -0.05) is 20.8 Å². The second kappa shape index (κ2) is 6.58. The van der Waals surface area contributed by atoms with Crippen LogP contribution in [0.3, 0.4) is 0 Å². The van der Waals surface area contributed by atoms with Crippen molar-refractivity contribution in [2.75, 3.05) is 39.4 Å². The van der Waals surface area contributed by atoms with Crippen LogP contribution in [-0.2, 0) is 4.74 Å². The van der Waals surface area contributed by atoms with Gasteiger partial charge in [0.15, 0.2) is 0 Å². The van der Waals surface area contributed by atoms with E-state index in [1.807, 2.05) is 0 Å². The summed E-state index contributed by atoms with van der Waals surface area (Å²) in [6.45, 7) is 15.2. The highest BCUT2D eigenvalue weighted by Crippen LogP contribution is 2.14. The van der Waals surface area contributed by atoms with Crippen molar-refractivity contribution in [3.05, 3.63) is 0 Å². The molecule has 96 valence electrons. The van der Waals surface area contributed by atoms with E-state index in [9.17, 15) is 0 Å². The van der Waals surface area contributed by atoms with Crippen LogP contribution in [-0.4, -0.2) is 49.8 Å². The van der Waals surface area contributed by atoms with E-state index in [1.165, 1.54) is 6.42 Å². The van der Waals surface area contributed by atoms with Crippen LogP contribution in [0.4, 0.5) is 0 Å². The lowest BCUT2D eigenvalue weighted by Crippen LogP contribution is -2.58. The minimum atomic E-state index is 0.302. The maximum atomic E-state index is 5.64. The molecule has 0 amide bonds. The first kappa shape index (κ1) is 13.9. The topological polar surface area (TPSA) is 24.5 Å². The quantitative estimate of drug-likeness (QED) is 0.701. The van der Waals surface area contributed by atoms with Gasteiger partial charge in [0.05, 0.1) is 6.61 Å². The lowest BCUT2D eigenvalue weighted by atomic mass is 9.96. The maximum Gasteiger partial charge on any atom is 0.0593 e. The smallest absolute Gasteiger partial charge is 0.0593 e. The predicted octanol–water partition coefficient (Wildman–Crippen LogP) is 1.73. The van der Waals surface area contributed by atoms with Crippen molar-refractivity contribution in [1.29, 1.82) is 0 Å². The Bertz CT molecular complexity index is 196. The van der Waals surface area contributed by atoms with Crippen molar-refractivity contribution in [2.24, 2.45) is 5.92 Å². The number of hydrogen-bond acceptors (Lipinski definition) is 3. The molecule has 0 aromatic carbocycles. The van der Waals surface area contributed by atoms with Gasteiger partial charge in [-0.15, -0.1) is 0 Å². The molecule has 3 nitrogen and oxygen atoms in total. The Morgan fingerprint density at radius 1 is 1.44 bits per heavy atom. The summed E-state index contributed by atoms with van der Waals surface area (Å²) in [7, 11) is 0. The Labute approximate surface area is 101 Å². The lowest BCUT2D eigenvalue weighted by Gasteiger charge is -2.41. The molecule has 1 saturated heterocycles. The van der Waals surface area contributed by atoms with Crippen LogP contribution in [0, 0.1) is 5.92 Å². The zero-order valence-electron chi connectivity index (χ0n) is 11.4. The van der Waals surface area contributed by atoms with Crippen molar-refractivity contribution in [2.45, 2.75) is 39.7 Å². The number of piperazine rings is 1. The summed E-state index contributed by atoms with van der Waals surface area (Å²) < 4.78 is 5.64. The molecule has 3 heteroatoms. The van der Waals surface area contributed by atoms with Gasteiger partial charge >= 0.3 is 0 Å². The molecule has 1 aliphatic rings. The highest BCUT2D eigenvalue weighted by Gasteiger charge is 2.28. The standard InChI is InChI=1S/C13H28N2O/c1-5-13(4)11-15(7-6-14-13)8-9-16-10-12(2)3/h12,14H,5-11H2,1-4H3. The van der Waals surface area contributed by atoms with Gasteiger partial charge in [0, 0.05) is 38.3 Å². The first-order valence-corrected chi connectivity index (χ1v) is 6.61. The van der Waals surface area contributed by atoms with Crippen LogP contribution in [0.15, 0.2) is 0 Å². The van der Waals surface area contributed by atoms with Gasteiger partial charge in [0.2, 0.25) is 0 Å². The summed E-state index contributed by atoms with van der Waals surface area (Å²) in [5.41, 5.74) is 0.302.